The molecule has 1 N–H and O–H groups in total. The molecule has 1 aromatic carbocycles. The Balaban J connectivity index is 1.63. The molecule has 0 spiro atoms. The van der Waals surface area contributed by atoms with Crippen LogP contribution in [-0.4, -0.2) is 33.5 Å². The van der Waals surface area contributed by atoms with E-state index < -0.39 is 5.97 Å². The number of piperidine rings is 1. The Bertz CT molecular complexity index is 675. The summed E-state index contributed by atoms with van der Waals surface area (Å²) in [5, 5.41) is 9.38. The second-order valence-corrected chi connectivity index (χ2v) is 6.08. The first-order valence-corrected chi connectivity index (χ1v) is 8.31. The lowest BCUT2D eigenvalue weighted by atomic mass is 10.0. The van der Waals surface area contributed by atoms with E-state index in [1.165, 1.54) is 0 Å². The van der Waals surface area contributed by atoms with Gasteiger partial charge >= 0.3 is 5.97 Å². The Hall–Kier alpha value is -2.40. The third-order valence-corrected chi connectivity index (χ3v) is 4.30. The van der Waals surface area contributed by atoms with E-state index in [1.807, 2.05) is 47.4 Å². The van der Waals surface area contributed by atoms with Gasteiger partial charge in [-0.05, 0) is 49.2 Å². The first kappa shape index (κ1) is 16.5. The number of aliphatic carboxylic acids is 1. The molecule has 1 atom stereocenters. The van der Waals surface area contributed by atoms with Crippen LogP contribution in [0.3, 0.4) is 0 Å². The predicted molar refractivity (Wildman–Crippen MR) is 90.7 cm³/mol. The molecule has 1 saturated heterocycles. The number of carboxylic acids is 1. The second-order valence-electron chi connectivity index (χ2n) is 6.08. The molecule has 126 valence electrons. The SMILES string of the molecule is O=C(O)[C@H]1CCCCN1Cc1cccc(OCc2ccccn2)c1. The fourth-order valence-electron chi connectivity index (χ4n) is 3.07. The lowest BCUT2D eigenvalue weighted by Gasteiger charge is -2.32. The van der Waals surface area contributed by atoms with Crippen LogP contribution >= 0.6 is 0 Å². The van der Waals surface area contributed by atoms with Gasteiger partial charge in [0.25, 0.3) is 0 Å². The highest BCUT2D eigenvalue weighted by Gasteiger charge is 2.28. The summed E-state index contributed by atoms with van der Waals surface area (Å²) < 4.78 is 5.80. The number of nitrogens with zero attached hydrogens (tertiary/aromatic N) is 2. The van der Waals surface area contributed by atoms with E-state index in [0.29, 0.717) is 13.2 Å². The van der Waals surface area contributed by atoms with Gasteiger partial charge in [0.15, 0.2) is 0 Å². The smallest absolute Gasteiger partial charge is 0.320 e. The standard InChI is InChI=1S/C19H22N2O3/c22-19(23)18-9-2-4-11-21(18)13-15-6-5-8-17(12-15)24-14-16-7-1-3-10-20-16/h1,3,5-8,10,12,18H,2,4,9,11,13-14H2,(H,22,23)/t18-/m1/s1. The van der Waals surface area contributed by atoms with Crippen molar-refractivity contribution in [3.63, 3.8) is 0 Å². The molecule has 2 heterocycles. The molecule has 0 radical (unpaired) electrons. The number of carboxylic acid groups (broad SMARTS) is 1. The van der Waals surface area contributed by atoms with Crippen LogP contribution in [0.2, 0.25) is 0 Å². The fourth-order valence-corrected chi connectivity index (χ4v) is 3.07. The third kappa shape index (κ3) is 4.32. The van der Waals surface area contributed by atoms with Crippen molar-refractivity contribution in [1.82, 2.24) is 9.88 Å². The van der Waals surface area contributed by atoms with Crippen LogP contribution < -0.4 is 4.74 Å². The van der Waals surface area contributed by atoms with Gasteiger partial charge in [0.1, 0.15) is 18.4 Å². The normalized spacial score (nSPS) is 18.2. The maximum Gasteiger partial charge on any atom is 0.320 e. The van der Waals surface area contributed by atoms with E-state index in [9.17, 15) is 9.90 Å². The molecule has 0 unspecified atom stereocenters. The first-order valence-electron chi connectivity index (χ1n) is 8.31. The van der Waals surface area contributed by atoms with Crippen LogP contribution in [-0.2, 0) is 17.9 Å². The highest BCUT2D eigenvalue weighted by Crippen LogP contribution is 2.22. The highest BCUT2D eigenvalue weighted by atomic mass is 16.5. The number of aromatic nitrogens is 1. The zero-order valence-electron chi connectivity index (χ0n) is 13.6. The molecule has 1 aromatic heterocycles. The lowest BCUT2D eigenvalue weighted by Crippen LogP contribution is -2.43. The molecular weight excluding hydrogens is 304 g/mol. The Kier molecular flexibility index (Phi) is 5.43. The number of benzene rings is 1. The van der Waals surface area contributed by atoms with Gasteiger partial charge < -0.3 is 9.84 Å². The Labute approximate surface area is 141 Å². The molecule has 0 aliphatic carbocycles. The minimum atomic E-state index is -0.725. The van der Waals surface area contributed by atoms with Crippen LogP contribution in [0.25, 0.3) is 0 Å². The minimum Gasteiger partial charge on any atom is -0.487 e. The topological polar surface area (TPSA) is 62.7 Å². The van der Waals surface area contributed by atoms with Gasteiger partial charge in [-0.1, -0.05) is 24.6 Å². The number of carbonyl (C=O) groups is 1. The van der Waals surface area contributed by atoms with Crippen LogP contribution in [0.5, 0.6) is 5.75 Å². The maximum atomic E-state index is 11.4. The number of likely N-dealkylation sites (tertiary alicyclic amines) is 1. The number of hydrogen-bond acceptors (Lipinski definition) is 4. The van der Waals surface area contributed by atoms with Gasteiger partial charge in [0.05, 0.1) is 5.69 Å². The minimum absolute atomic E-state index is 0.378. The Morgan fingerprint density at radius 3 is 2.96 bits per heavy atom. The van der Waals surface area contributed by atoms with Crippen LogP contribution in [0.1, 0.15) is 30.5 Å². The van der Waals surface area contributed by atoms with E-state index in [-0.39, 0.29) is 6.04 Å². The van der Waals surface area contributed by atoms with Gasteiger partial charge in [0, 0.05) is 12.7 Å². The van der Waals surface area contributed by atoms with Crippen LogP contribution in [0.15, 0.2) is 48.7 Å². The van der Waals surface area contributed by atoms with E-state index in [1.54, 1.807) is 6.20 Å². The zero-order chi connectivity index (χ0) is 16.8. The maximum absolute atomic E-state index is 11.4. The van der Waals surface area contributed by atoms with E-state index in [4.69, 9.17) is 4.74 Å². The highest BCUT2D eigenvalue weighted by molar-refractivity contribution is 5.73. The lowest BCUT2D eigenvalue weighted by molar-refractivity contribution is -0.144. The largest absolute Gasteiger partial charge is 0.487 e. The van der Waals surface area contributed by atoms with Crippen LogP contribution in [0.4, 0.5) is 0 Å². The number of hydrogen-bond donors (Lipinski definition) is 1. The van der Waals surface area contributed by atoms with Gasteiger partial charge in [0.2, 0.25) is 0 Å². The van der Waals surface area contributed by atoms with Crippen molar-refractivity contribution in [2.24, 2.45) is 0 Å². The van der Waals surface area contributed by atoms with E-state index >= 15 is 0 Å². The molecule has 1 fully saturated rings. The van der Waals surface area contributed by atoms with Crippen molar-refractivity contribution in [3.8, 4) is 5.75 Å². The summed E-state index contributed by atoms with van der Waals surface area (Å²) in [6.45, 7) is 1.89. The molecule has 0 saturated carbocycles. The van der Waals surface area contributed by atoms with Gasteiger partial charge in [-0.2, -0.15) is 0 Å². The summed E-state index contributed by atoms with van der Waals surface area (Å²) >= 11 is 0. The molecule has 5 heteroatoms. The molecule has 0 bridgehead atoms. The molecule has 1 aliphatic rings. The number of ether oxygens (including phenoxy) is 1. The summed E-state index contributed by atoms with van der Waals surface area (Å²) in [6.07, 6.45) is 4.52. The molecule has 3 rings (SSSR count). The van der Waals surface area contributed by atoms with E-state index in [2.05, 4.69) is 4.98 Å². The van der Waals surface area contributed by atoms with Crippen molar-refractivity contribution in [1.29, 1.82) is 0 Å². The molecular formula is C19H22N2O3. The molecule has 0 amide bonds. The Morgan fingerprint density at radius 2 is 2.17 bits per heavy atom. The van der Waals surface area contributed by atoms with Crippen LogP contribution in [0, 0.1) is 0 Å². The molecule has 1 aliphatic heterocycles. The zero-order valence-corrected chi connectivity index (χ0v) is 13.6. The summed E-state index contributed by atoms with van der Waals surface area (Å²) in [5.41, 5.74) is 1.95. The molecule has 24 heavy (non-hydrogen) atoms. The predicted octanol–water partition coefficient (Wildman–Crippen LogP) is 3.10. The van der Waals surface area contributed by atoms with Gasteiger partial charge in [-0.15, -0.1) is 0 Å². The monoisotopic (exact) mass is 326 g/mol. The third-order valence-electron chi connectivity index (χ3n) is 4.30. The summed E-state index contributed by atoms with van der Waals surface area (Å²) in [7, 11) is 0. The van der Waals surface area contributed by atoms with Crippen molar-refractivity contribution >= 4 is 5.97 Å². The second kappa shape index (κ2) is 7.93. The quantitative estimate of drug-likeness (QED) is 0.884. The summed E-state index contributed by atoms with van der Waals surface area (Å²) in [6, 6.07) is 13.2. The van der Waals surface area contributed by atoms with Crippen molar-refractivity contribution in [2.45, 2.75) is 38.5 Å². The fraction of sp³-hybridized carbons (Fsp3) is 0.368. The average molecular weight is 326 g/mol. The first-order chi connectivity index (χ1) is 11.7. The average Bonchev–Trinajstić information content (AvgIpc) is 2.61. The van der Waals surface area contributed by atoms with Crippen molar-refractivity contribution in [2.75, 3.05) is 6.54 Å². The molecule has 2 aromatic rings. The molecule has 5 nitrogen and oxygen atoms in total. The van der Waals surface area contributed by atoms with E-state index in [0.717, 1.165) is 42.8 Å². The number of pyridine rings is 1. The van der Waals surface area contributed by atoms with Crippen molar-refractivity contribution < 1.29 is 14.6 Å². The van der Waals surface area contributed by atoms with Gasteiger partial charge in [-0.3, -0.25) is 14.7 Å². The van der Waals surface area contributed by atoms with Gasteiger partial charge in [-0.25, -0.2) is 0 Å². The summed E-state index contributed by atoms with van der Waals surface area (Å²) in [5.74, 6) is 0.0549. The van der Waals surface area contributed by atoms with Crippen molar-refractivity contribution in [3.05, 3.63) is 59.9 Å². The Morgan fingerprint density at radius 1 is 1.25 bits per heavy atom. The summed E-state index contributed by atoms with van der Waals surface area (Å²) in [4.78, 5) is 17.7. The number of rotatable bonds is 6.